The third kappa shape index (κ3) is 5.11. The zero-order valence-corrected chi connectivity index (χ0v) is 19.2. The number of amides is 3. The predicted octanol–water partition coefficient (Wildman–Crippen LogP) is 1.04. The van der Waals surface area contributed by atoms with Crippen LogP contribution in [0.3, 0.4) is 0 Å². The molecule has 10 nitrogen and oxygen atoms in total. The second-order valence-electron chi connectivity index (χ2n) is 7.50. The highest BCUT2D eigenvalue weighted by Gasteiger charge is 2.45. The monoisotopic (exact) mass is 475 g/mol. The van der Waals surface area contributed by atoms with Crippen LogP contribution in [0.15, 0.2) is 53.4 Å². The second-order valence-corrected chi connectivity index (χ2v) is 9.06. The molecule has 3 rings (SSSR count). The molecule has 1 heterocycles. The molecule has 1 unspecified atom stereocenters. The number of aryl methyl sites for hydroxylation is 1. The highest BCUT2D eigenvalue weighted by atomic mass is 32.2. The highest BCUT2D eigenvalue weighted by molar-refractivity contribution is 7.89. The molecule has 3 amide bonds. The maximum Gasteiger partial charge on any atom is 0.257 e. The predicted molar refractivity (Wildman–Crippen MR) is 119 cm³/mol. The fourth-order valence-electron chi connectivity index (χ4n) is 3.64. The molecule has 0 bridgehead atoms. The Labute approximate surface area is 191 Å². The summed E-state index contributed by atoms with van der Waals surface area (Å²) in [6.45, 7) is 1.69. The third-order valence-corrected chi connectivity index (χ3v) is 6.36. The van der Waals surface area contributed by atoms with E-state index < -0.39 is 40.1 Å². The van der Waals surface area contributed by atoms with E-state index in [1.165, 1.54) is 43.4 Å². The molecule has 2 N–H and O–H groups in total. The number of nitrogens with zero attached hydrogens (tertiary/aromatic N) is 2. The first-order chi connectivity index (χ1) is 15.6. The number of ether oxygens (including phenoxy) is 2. The lowest BCUT2D eigenvalue weighted by atomic mass is 10.1. The van der Waals surface area contributed by atoms with Crippen molar-refractivity contribution < 1.29 is 32.3 Å². The van der Waals surface area contributed by atoms with Gasteiger partial charge in [-0.1, -0.05) is 18.2 Å². The molecular weight excluding hydrogens is 450 g/mol. The van der Waals surface area contributed by atoms with Gasteiger partial charge in [0.25, 0.3) is 11.8 Å². The number of methoxy groups -OCH3 is 2. The topological polar surface area (TPSA) is 136 Å². The average molecular weight is 476 g/mol. The summed E-state index contributed by atoms with van der Waals surface area (Å²) in [6, 6.07) is 10.9. The van der Waals surface area contributed by atoms with Crippen molar-refractivity contribution >= 4 is 33.4 Å². The number of primary sulfonamides is 1. The van der Waals surface area contributed by atoms with Crippen molar-refractivity contribution in [2.24, 2.45) is 5.14 Å². The minimum absolute atomic E-state index is 0.0813. The molecule has 11 heteroatoms. The van der Waals surface area contributed by atoms with Crippen LogP contribution in [-0.4, -0.2) is 64.1 Å². The largest absolute Gasteiger partial charge is 0.354 e. The van der Waals surface area contributed by atoms with Crippen molar-refractivity contribution in [3.63, 3.8) is 0 Å². The summed E-state index contributed by atoms with van der Waals surface area (Å²) in [4.78, 5) is 41.6. The standard InChI is InChI=1S/C22H25N3O7S/c1-14-6-4-5-7-17(14)21(27)24(13-20(31-2)32-3)18-12-19(26)25(22(18)28)15-8-10-16(11-9-15)33(23,29)30/h4-11,18,20H,12-13H2,1-3H3,(H2,23,29,30). The van der Waals surface area contributed by atoms with Crippen LogP contribution in [0.5, 0.6) is 0 Å². The summed E-state index contributed by atoms with van der Waals surface area (Å²) in [6.07, 6.45) is -1.06. The van der Waals surface area contributed by atoms with E-state index >= 15 is 0 Å². The van der Waals surface area contributed by atoms with Crippen LogP contribution in [0.1, 0.15) is 22.3 Å². The van der Waals surface area contributed by atoms with Crippen molar-refractivity contribution in [2.75, 3.05) is 25.7 Å². The van der Waals surface area contributed by atoms with Crippen LogP contribution < -0.4 is 10.0 Å². The zero-order chi connectivity index (χ0) is 24.3. The molecule has 1 aliphatic rings. The fourth-order valence-corrected chi connectivity index (χ4v) is 4.16. The number of rotatable bonds is 8. The Balaban J connectivity index is 1.96. The Morgan fingerprint density at radius 1 is 1.12 bits per heavy atom. The number of benzene rings is 2. The molecule has 0 aromatic heterocycles. The summed E-state index contributed by atoms with van der Waals surface area (Å²) < 4.78 is 33.4. The SMILES string of the molecule is COC(CN(C(=O)c1ccccc1C)C1CC(=O)N(c2ccc(S(N)(=O)=O)cc2)C1=O)OC. The van der Waals surface area contributed by atoms with E-state index in [1.54, 1.807) is 31.2 Å². The van der Waals surface area contributed by atoms with Gasteiger partial charge in [-0.15, -0.1) is 0 Å². The van der Waals surface area contributed by atoms with Gasteiger partial charge in [-0.3, -0.25) is 14.4 Å². The number of sulfonamides is 1. The number of carbonyl (C=O) groups excluding carboxylic acids is 3. The zero-order valence-electron chi connectivity index (χ0n) is 18.4. The quantitative estimate of drug-likeness (QED) is 0.445. The summed E-state index contributed by atoms with van der Waals surface area (Å²) in [5, 5.41) is 5.11. The number of carbonyl (C=O) groups is 3. The van der Waals surface area contributed by atoms with Gasteiger partial charge < -0.3 is 14.4 Å². The lowest BCUT2D eigenvalue weighted by Crippen LogP contribution is -2.49. The Bertz CT molecular complexity index is 1160. The van der Waals surface area contributed by atoms with Crippen LogP contribution in [-0.2, 0) is 29.1 Å². The van der Waals surface area contributed by atoms with E-state index in [0.717, 1.165) is 4.90 Å². The molecule has 0 radical (unpaired) electrons. The molecule has 176 valence electrons. The molecule has 33 heavy (non-hydrogen) atoms. The summed E-state index contributed by atoms with van der Waals surface area (Å²) in [5.41, 5.74) is 1.28. The van der Waals surface area contributed by atoms with Gasteiger partial charge in [0.1, 0.15) is 6.04 Å². The molecule has 1 saturated heterocycles. The van der Waals surface area contributed by atoms with E-state index in [-0.39, 0.29) is 23.5 Å². The minimum atomic E-state index is -3.93. The van der Waals surface area contributed by atoms with E-state index in [1.807, 2.05) is 0 Å². The first-order valence-corrected chi connectivity index (χ1v) is 11.5. The van der Waals surface area contributed by atoms with Gasteiger partial charge in [-0.25, -0.2) is 18.5 Å². The maximum absolute atomic E-state index is 13.4. The van der Waals surface area contributed by atoms with Crippen molar-refractivity contribution in [1.82, 2.24) is 4.90 Å². The van der Waals surface area contributed by atoms with E-state index in [2.05, 4.69) is 0 Å². The summed E-state index contributed by atoms with van der Waals surface area (Å²) in [7, 11) is -1.11. The van der Waals surface area contributed by atoms with Crippen LogP contribution in [0, 0.1) is 6.92 Å². The summed E-state index contributed by atoms with van der Waals surface area (Å²) in [5.74, 6) is -1.58. The van der Waals surface area contributed by atoms with Gasteiger partial charge >= 0.3 is 0 Å². The van der Waals surface area contributed by atoms with E-state index in [0.29, 0.717) is 11.1 Å². The molecule has 1 atom stereocenters. The average Bonchev–Trinajstić information content (AvgIpc) is 3.07. The molecule has 2 aromatic carbocycles. The molecule has 0 aliphatic carbocycles. The molecule has 2 aromatic rings. The van der Waals surface area contributed by atoms with E-state index in [4.69, 9.17) is 14.6 Å². The smallest absolute Gasteiger partial charge is 0.257 e. The van der Waals surface area contributed by atoms with Crippen molar-refractivity contribution in [3.05, 3.63) is 59.7 Å². The van der Waals surface area contributed by atoms with E-state index in [9.17, 15) is 22.8 Å². The minimum Gasteiger partial charge on any atom is -0.354 e. The third-order valence-electron chi connectivity index (χ3n) is 5.43. The van der Waals surface area contributed by atoms with Gasteiger partial charge in [0, 0.05) is 19.8 Å². The molecule has 1 aliphatic heterocycles. The Hall–Kier alpha value is -3.12. The van der Waals surface area contributed by atoms with Crippen LogP contribution in [0.4, 0.5) is 5.69 Å². The molecular formula is C22H25N3O7S. The lowest BCUT2D eigenvalue weighted by molar-refractivity contribution is -0.128. The van der Waals surface area contributed by atoms with Gasteiger partial charge in [0.2, 0.25) is 15.9 Å². The van der Waals surface area contributed by atoms with Crippen LogP contribution >= 0.6 is 0 Å². The second kappa shape index (κ2) is 9.79. The maximum atomic E-state index is 13.4. The Kier molecular flexibility index (Phi) is 7.28. The summed E-state index contributed by atoms with van der Waals surface area (Å²) >= 11 is 0. The van der Waals surface area contributed by atoms with Crippen LogP contribution in [0.25, 0.3) is 0 Å². The van der Waals surface area contributed by atoms with Gasteiger partial charge in [0.15, 0.2) is 6.29 Å². The first-order valence-electron chi connectivity index (χ1n) is 10.00. The van der Waals surface area contributed by atoms with Gasteiger partial charge in [0.05, 0.1) is 23.5 Å². The molecule has 1 fully saturated rings. The number of hydrogen-bond donors (Lipinski definition) is 1. The van der Waals surface area contributed by atoms with Gasteiger partial charge in [-0.2, -0.15) is 0 Å². The van der Waals surface area contributed by atoms with Crippen molar-refractivity contribution in [3.8, 4) is 0 Å². The molecule has 0 saturated carbocycles. The highest BCUT2D eigenvalue weighted by Crippen LogP contribution is 2.28. The number of imide groups is 1. The number of anilines is 1. The normalized spacial score (nSPS) is 16.5. The Morgan fingerprint density at radius 2 is 1.73 bits per heavy atom. The van der Waals surface area contributed by atoms with Crippen molar-refractivity contribution in [2.45, 2.75) is 30.6 Å². The Morgan fingerprint density at radius 3 is 2.27 bits per heavy atom. The number of hydrogen-bond acceptors (Lipinski definition) is 7. The lowest BCUT2D eigenvalue weighted by Gasteiger charge is -2.30. The first kappa shape index (κ1) is 24.5. The van der Waals surface area contributed by atoms with Crippen molar-refractivity contribution in [1.29, 1.82) is 0 Å². The molecule has 0 spiro atoms. The van der Waals surface area contributed by atoms with Gasteiger partial charge in [-0.05, 0) is 42.8 Å². The fraction of sp³-hybridized carbons (Fsp3) is 0.318. The van der Waals surface area contributed by atoms with Crippen LogP contribution in [0.2, 0.25) is 0 Å². The number of nitrogens with two attached hydrogens (primary N) is 1.